The van der Waals surface area contributed by atoms with E-state index in [4.69, 9.17) is 5.26 Å². The van der Waals surface area contributed by atoms with Gasteiger partial charge in [0.15, 0.2) is 0 Å². The number of carbonyl (C=O) groups is 1. The second-order valence-electron chi connectivity index (χ2n) is 4.75. The molecular weight excluding hydrogens is 164 g/mol. The smallest absolute Gasteiger partial charge is 0.240 e. The van der Waals surface area contributed by atoms with Crippen LogP contribution in [-0.4, -0.2) is 11.4 Å². The molecular formula is C10H16N2O. The van der Waals surface area contributed by atoms with Crippen LogP contribution in [0.15, 0.2) is 0 Å². The van der Waals surface area contributed by atoms with Gasteiger partial charge < -0.3 is 5.32 Å². The number of carbonyl (C=O) groups excluding carboxylic acids is 1. The van der Waals surface area contributed by atoms with Crippen molar-refractivity contribution in [2.45, 2.75) is 45.6 Å². The summed E-state index contributed by atoms with van der Waals surface area (Å²) >= 11 is 0. The van der Waals surface area contributed by atoms with E-state index < -0.39 is 5.41 Å². The summed E-state index contributed by atoms with van der Waals surface area (Å²) in [5.41, 5.74) is -0.955. The Morgan fingerprint density at radius 3 is 2.23 bits per heavy atom. The van der Waals surface area contributed by atoms with Crippen molar-refractivity contribution in [2.24, 2.45) is 5.41 Å². The summed E-state index contributed by atoms with van der Waals surface area (Å²) in [4.78, 5) is 11.7. The molecule has 1 rings (SSSR count). The van der Waals surface area contributed by atoms with Crippen LogP contribution in [0.5, 0.6) is 0 Å². The van der Waals surface area contributed by atoms with Gasteiger partial charge >= 0.3 is 0 Å². The first-order chi connectivity index (χ1) is 5.90. The molecule has 0 unspecified atom stereocenters. The van der Waals surface area contributed by atoms with Gasteiger partial charge in [-0.25, -0.2) is 0 Å². The number of nitrogens with one attached hydrogen (secondary N) is 1. The van der Waals surface area contributed by atoms with Gasteiger partial charge in [-0.15, -0.1) is 0 Å². The lowest BCUT2D eigenvalue weighted by Crippen LogP contribution is -2.51. The summed E-state index contributed by atoms with van der Waals surface area (Å²) in [6.45, 7) is 5.78. The molecule has 1 fully saturated rings. The van der Waals surface area contributed by atoms with Gasteiger partial charge in [-0.2, -0.15) is 5.26 Å². The number of rotatable bonds is 1. The topological polar surface area (TPSA) is 52.9 Å². The fourth-order valence-electron chi connectivity index (χ4n) is 1.38. The third-order valence-corrected chi connectivity index (χ3v) is 2.34. The maximum atomic E-state index is 11.7. The molecule has 0 spiro atoms. The molecule has 72 valence electrons. The predicted molar refractivity (Wildman–Crippen MR) is 49.8 cm³/mol. The minimum absolute atomic E-state index is 0.103. The second-order valence-corrected chi connectivity index (χ2v) is 4.75. The summed E-state index contributed by atoms with van der Waals surface area (Å²) in [5, 5.41) is 11.7. The number of nitriles is 1. The number of nitrogens with zero attached hydrogens (tertiary/aromatic N) is 1. The molecule has 0 heterocycles. The molecule has 0 atom stereocenters. The highest BCUT2D eigenvalue weighted by atomic mass is 16.2. The van der Waals surface area contributed by atoms with Gasteiger partial charge in [0.2, 0.25) is 5.91 Å². The van der Waals surface area contributed by atoms with Gasteiger partial charge in [0.1, 0.15) is 5.41 Å². The van der Waals surface area contributed by atoms with Crippen molar-refractivity contribution in [2.75, 3.05) is 0 Å². The molecule has 3 heteroatoms. The van der Waals surface area contributed by atoms with E-state index in [0.29, 0.717) is 12.8 Å². The SMILES string of the molecule is CC(C)(C)NC(=O)C1(C#N)CCC1. The third-order valence-electron chi connectivity index (χ3n) is 2.34. The van der Waals surface area contributed by atoms with Gasteiger partial charge in [-0.3, -0.25) is 4.79 Å². The van der Waals surface area contributed by atoms with Crippen LogP contribution >= 0.6 is 0 Å². The van der Waals surface area contributed by atoms with Crippen LogP contribution in [0, 0.1) is 16.7 Å². The molecule has 1 saturated carbocycles. The Morgan fingerprint density at radius 1 is 1.46 bits per heavy atom. The van der Waals surface area contributed by atoms with Crippen LogP contribution in [0.4, 0.5) is 0 Å². The quantitative estimate of drug-likeness (QED) is 0.666. The van der Waals surface area contributed by atoms with Crippen LogP contribution in [0.1, 0.15) is 40.0 Å². The van der Waals surface area contributed by atoms with Crippen LogP contribution in [0.25, 0.3) is 0 Å². The summed E-state index contributed by atoms with van der Waals surface area (Å²) in [6, 6.07) is 2.13. The van der Waals surface area contributed by atoms with E-state index in [1.54, 1.807) is 0 Å². The Balaban J connectivity index is 2.63. The zero-order chi connectivity index (χ0) is 10.1. The van der Waals surface area contributed by atoms with E-state index >= 15 is 0 Å². The molecule has 1 N–H and O–H groups in total. The van der Waals surface area contributed by atoms with Crippen LogP contribution < -0.4 is 5.32 Å². The lowest BCUT2D eigenvalue weighted by Gasteiger charge is -2.36. The van der Waals surface area contributed by atoms with Crippen LogP contribution in [0.3, 0.4) is 0 Å². The highest BCUT2D eigenvalue weighted by molar-refractivity contribution is 5.86. The standard InChI is InChI=1S/C10H16N2O/c1-9(2,3)12-8(13)10(7-11)5-4-6-10/h4-6H2,1-3H3,(H,12,13). The summed E-state index contributed by atoms with van der Waals surface area (Å²) in [5.74, 6) is -0.103. The average molecular weight is 180 g/mol. The van der Waals surface area contributed by atoms with Gasteiger partial charge in [0.25, 0.3) is 0 Å². The molecule has 13 heavy (non-hydrogen) atoms. The van der Waals surface area contributed by atoms with E-state index in [1.807, 2.05) is 20.8 Å². The fourth-order valence-corrected chi connectivity index (χ4v) is 1.38. The first-order valence-corrected chi connectivity index (χ1v) is 4.63. The normalized spacial score (nSPS) is 19.8. The van der Waals surface area contributed by atoms with Crippen molar-refractivity contribution < 1.29 is 4.79 Å². The van der Waals surface area contributed by atoms with Crippen molar-refractivity contribution in [1.29, 1.82) is 5.26 Å². The number of hydrogen-bond acceptors (Lipinski definition) is 2. The van der Waals surface area contributed by atoms with E-state index in [1.165, 1.54) is 0 Å². The lowest BCUT2D eigenvalue weighted by molar-refractivity contribution is -0.133. The molecule has 0 aromatic carbocycles. The first-order valence-electron chi connectivity index (χ1n) is 4.63. The van der Waals surface area contributed by atoms with Crippen molar-refractivity contribution in [3.63, 3.8) is 0 Å². The minimum Gasteiger partial charge on any atom is -0.350 e. The molecule has 1 aliphatic rings. The Kier molecular flexibility index (Phi) is 2.34. The predicted octanol–water partition coefficient (Wildman–Crippen LogP) is 1.59. The molecule has 0 bridgehead atoms. The van der Waals surface area contributed by atoms with E-state index in [-0.39, 0.29) is 11.4 Å². The zero-order valence-electron chi connectivity index (χ0n) is 8.48. The number of hydrogen-bond donors (Lipinski definition) is 1. The number of amides is 1. The summed E-state index contributed by atoms with van der Waals surface area (Å²) < 4.78 is 0. The zero-order valence-corrected chi connectivity index (χ0v) is 8.48. The summed E-state index contributed by atoms with van der Waals surface area (Å²) in [6.07, 6.45) is 2.42. The average Bonchev–Trinajstić information content (AvgIpc) is 1.80. The fraction of sp³-hybridized carbons (Fsp3) is 0.800. The van der Waals surface area contributed by atoms with Crippen LogP contribution in [-0.2, 0) is 4.79 Å². The Hall–Kier alpha value is -1.04. The lowest BCUT2D eigenvalue weighted by atomic mass is 9.69. The molecule has 0 radical (unpaired) electrons. The molecule has 0 aromatic rings. The first kappa shape index (κ1) is 10.0. The van der Waals surface area contributed by atoms with Gasteiger partial charge in [-0.1, -0.05) is 0 Å². The van der Waals surface area contributed by atoms with Gasteiger partial charge in [0, 0.05) is 5.54 Å². The van der Waals surface area contributed by atoms with Crippen molar-refractivity contribution >= 4 is 5.91 Å². The third kappa shape index (κ3) is 2.00. The second kappa shape index (κ2) is 3.02. The minimum atomic E-state index is -0.715. The van der Waals surface area contributed by atoms with Crippen LogP contribution in [0.2, 0.25) is 0 Å². The molecule has 1 aliphatic carbocycles. The van der Waals surface area contributed by atoms with Crippen molar-refractivity contribution in [1.82, 2.24) is 5.32 Å². The molecule has 0 aliphatic heterocycles. The molecule has 3 nitrogen and oxygen atoms in total. The van der Waals surface area contributed by atoms with Gasteiger partial charge in [-0.05, 0) is 40.0 Å². The van der Waals surface area contributed by atoms with Crippen molar-refractivity contribution in [3.05, 3.63) is 0 Å². The largest absolute Gasteiger partial charge is 0.350 e. The maximum absolute atomic E-state index is 11.7. The van der Waals surface area contributed by atoms with Gasteiger partial charge in [0.05, 0.1) is 6.07 Å². The molecule has 0 aromatic heterocycles. The highest BCUT2D eigenvalue weighted by Gasteiger charge is 2.45. The summed E-state index contributed by atoms with van der Waals surface area (Å²) in [7, 11) is 0. The van der Waals surface area contributed by atoms with Crippen molar-refractivity contribution in [3.8, 4) is 6.07 Å². The van der Waals surface area contributed by atoms with E-state index in [0.717, 1.165) is 6.42 Å². The Bertz CT molecular complexity index is 253. The Morgan fingerprint density at radius 2 is 2.00 bits per heavy atom. The van der Waals surface area contributed by atoms with E-state index in [9.17, 15) is 4.79 Å². The molecule has 0 saturated heterocycles. The monoisotopic (exact) mass is 180 g/mol. The highest BCUT2D eigenvalue weighted by Crippen LogP contribution is 2.40. The maximum Gasteiger partial charge on any atom is 0.240 e. The Labute approximate surface area is 79.1 Å². The molecule has 1 amide bonds. The van der Waals surface area contributed by atoms with E-state index in [2.05, 4.69) is 11.4 Å².